The zero-order valence-corrected chi connectivity index (χ0v) is 14.6. The number of hydrogen-bond acceptors (Lipinski definition) is 3. The van der Waals surface area contributed by atoms with E-state index in [4.69, 9.17) is 0 Å². The van der Waals surface area contributed by atoms with Crippen molar-refractivity contribution in [1.82, 2.24) is 15.5 Å². The second-order valence-electron chi connectivity index (χ2n) is 7.02. The molecule has 4 amide bonds. The zero-order valence-electron chi connectivity index (χ0n) is 14.6. The Balaban J connectivity index is 1.56. The first-order valence-corrected chi connectivity index (χ1v) is 8.99. The molecule has 1 aromatic carbocycles. The summed E-state index contributed by atoms with van der Waals surface area (Å²) < 4.78 is 0. The molecule has 1 saturated heterocycles. The molecule has 1 spiro atoms. The molecular formula is C19H25N3O3. The molecule has 2 N–H and O–H groups in total. The highest BCUT2D eigenvalue weighted by Crippen LogP contribution is 2.37. The highest BCUT2D eigenvalue weighted by molar-refractivity contribution is 6.09. The van der Waals surface area contributed by atoms with E-state index in [2.05, 4.69) is 17.6 Å². The van der Waals surface area contributed by atoms with Crippen molar-refractivity contribution in [2.75, 3.05) is 6.54 Å². The van der Waals surface area contributed by atoms with Crippen LogP contribution in [0.3, 0.4) is 0 Å². The van der Waals surface area contributed by atoms with Gasteiger partial charge in [-0.25, -0.2) is 4.79 Å². The van der Waals surface area contributed by atoms with Gasteiger partial charge in [0.1, 0.15) is 12.1 Å². The van der Waals surface area contributed by atoms with Gasteiger partial charge in [0.05, 0.1) is 0 Å². The Morgan fingerprint density at radius 2 is 1.92 bits per heavy atom. The van der Waals surface area contributed by atoms with E-state index in [0.29, 0.717) is 25.3 Å². The van der Waals surface area contributed by atoms with Crippen LogP contribution in [0.15, 0.2) is 30.3 Å². The zero-order chi connectivity index (χ0) is 17.9. The summed E-state index contributed by atoms with van der Waals surface area (Å²) in [5.74, 6) is 0.0482. The topological polar surface area (TPSA) is 78.5 Å². The van der Waals surface area contributed by atoms with Gasteiger partial charge in [-0.2, -0.15) is 0 Å². The first-order valence-electron chi connectivity index (χ1n) is 8.99. The summed E-state index contributed by atoms with van der Waals surface area (Å²) in [6, 6.07) is 9.08. The fourth-order valence-corrected chi connectivity index (χ4v) is 3.73. The van der Waals surface area contributed by atoms with Crippen LogP contribution in [-0.4, -0.2) is 34.8 Å². The van der Waals surface area contributed by atoms with E-state index in [0.717, 1.165) is 29.7 Å². The van der Waals surface area contributed by atoms with Crippen LogP contribution in [0, 0.1) is 5.92 Å². The summed E-state index contributed by atoms with van der Waals surface area (Å²) in [6.07, 6.45) is 4.31. The molecule has 0 bridgehead atoms. The van der Waals surface area contributed by atoms with Crippen LogP contribution in [0.5, 0.6) is 0 Å². The largest absolute Gasteiger partial charge is 0.350 e. The summed E-state index contributed by atoms with van der Waals surface area (Å²) in [6.45, 7) is 2.31. The van der Waals surface area contributed by atoms with Gasteiger partial charge in [-0.05, 0) is 37.2 Å². The number of rotatable bonds is 5. The van der Waals surface area contributed by atoms with E-state index >= 15 is 0 Å². The quantitative estimate of drug-likeness (QED) is 0.805. The van der Waals surface area contributed by atoms with Crippen molar-refractivity contribution in [3.8, 4) is 0 Å². The lowest BCUT2D eigenvalue weighted by Gasteiger charge is -2.34. The van der Waals surface area contributed by atoms with Gasteiger partial charge in [-0.3, -0.25) is 14.5 Å². The van der Waals surface area contributed by atoms with Gasteiger partial charge in [0, 0.05) is 6.54 Å². The number of nitrogens with one attached hydrogen (secondary N) is 2. The predicted octanol–water partition coefficient (Wildman–Crippen LogP) is 2.19. The van der Waals surface area contributed by atoms with Gasteiger partial charge < -0.3 is 10.6 Å². The Hall–Kier alpha value is -2.37. The maximum absolute atomic E-state index is 12.8. The summed E-state index contributed by atoms with van der Waals surface area (Å²) in [7, 11) is 0. The molecule has 0 aromatic heterocycles. The molecule has 0 radical (unpaired) electrons. The Morgan fingerprint density at radius 1 is 1.24 bits per heavy atom. The van der Waals surface area contributed by atoms with Crippen LogP contribution in [0.4, 0.5) is 4.79 Å². The predicted molar refractivity (Wildman–Crippen MR) is 93.5 cm³/mol. The molecule has 1 aliphatic heterocycles. The molecule has 1 saturated carbocycles. The molecule has 3 rings (SSSR count). The van der Waals surface area contributed by atoms with Gasteiger partial charge >= 0.3 is 6.03 Å². The lowest BCUT2D eigenvalue weighted by molar-refractivity contribution is -0.136. The van der Waals surface area contributed by atoms with E-state index in [1.54, 1.807) is 0 Å². The Kier molecular flexibility index (Phi) is 5.06. The van der Waals surface area contributed by atoms with Gasteiger partial charge in [-0.1, -0.05) is 43.7 Å². The highest BCUT2D eigenvalue weighted by Gasteiger charge is 2.52. The molecule has 1 heterocycles. The smallest absolute Gasteiger partial charge is 0.325 e. The molecule has 0 unspecified atom stereocenters. The second-order valence-corrected chi connectivity index (χ2v) is 7.02. The Morgan fingerprint density at radius 3 is 2.56 bits per heavy atom. The van der Waals surface area contributed by atoms with Crippen molar-refractivity contribution in [2.45, 2.75) is 51.1 Å². The molecule has 2 aliphatic rings. The monoisotopic (exact) mass is 343 g/mol. The molecule has 25 heavy (non-hydrogen) atoms. The summed E-state index contributed by atoms with van der Waals surface area (Å²) >= 11 is 0. The number of carbonyl (C=O) groups excluding carboxylic acids is 3. The maximum Gasteiger partial charge on any atom is 0.325 e. The number of nitrogens with zero attached hydrogens (tertiary/aromatic N) is 1. The number of carbonyl (C=O) groups is 3. The molecule has 6 heteroatoms. The highest BCUT2D eigenvalue weighted by atomic mass is 16.2. The summed E-state index contributed by atoms with van der Waals surface area (Å²) in [4.78, 5) is 38.2. The van der Waals surface area contributed by atoms with Crippen molar-refractivity contribution >= 4 is 17.8 Å². The first-order chi connectivity index (χ1) is 12.0. The number of imide groups is 1. The van der Waals surface area contributed by atoms with Crippen LogP contribution in [0.1, 0.15) is 44.6 Å². The summed E-state index contributed by atoms with van der Waals surface area (Å²) in [5.41, 5.74) is 0.185. The van der Waals surface area contributed by atoms with E-state index < -0.39 is 11.6 Å². The van der Waals surface area contributed by atoms with Crippen molar-refractivity contribution in [2.24, 2.45) is 5.92 Å². The molecule has 134 valence electrons. The van der Waals surface area contributed by atoms with Gasteiger partial charge in [-0.15, -0.1) is 0 Å². The number of hydrogen-bond donors (Lipinski definition) is 2. The van der Waals surface area contributed by atoms with Crippen LogP contribution in [0.2, 0.25) is 0 Å². The van der Waals surface area contributed by atoms with E-state index in [-0.39, 0.29) is 18.4 Å². The number of benzene rings is 1. The van der Waals surface area contributed by atoms with E-state index in [9.17, 15) is 14.4 Å². The second kappa shape index (κ2) is 7.25. The van der Waals surface area contributed by atoms with E-state index in [1.807, 2.05) is 30.3 Å². The molecule has 6 nitrogen and oxygen atoms in total. The van der Waals surface area contributed by atoms with Gasteiger partial charge in [0.15, 0.2) is 0 Å². The average molecular weight is 343 g/mol. The van der Waals surface area contributed by atoms with Crippen LogP contribution in [0.25, 0.3) is 0 Å². The van der Waals surface area contributed by atoms with E-state index in [1.165, 1.54) is 0 Å². The lowest BCUT2D eigenvalue weighted by Crippen LogP contribution is -2.50. The number of urea groups is 1. The SMILES string of the molecule is CCC1CCC2(CC1)NC(=O)N(CC(=O)NCc1ccccc1)C2=O. The fraction of sp³-hybridized carbons (Fsp3) is 0.526. The van der Waals surface area contributed by atoms with Gasteiger partial charge in [0.25, 0.3) is 5.91 Å². The minimum atomic E-state index is -0.789. The Bertz CT molecular complexity index is 651. The van der Waals surface area contributed by atoms with Crippen molar-refractivity contribution in [3.63, 3.8) is 0 Å². The fourth-order valence-electron chi connectivity index (χ4n) is 3.73. The third kappa shape index (κ3) is 3.67. The first kappa shape index (κ1) is 17.5. The maximum atomic E-state index is 12.8. The van der Waals surface area contributed by atoms with Crippen molar-refractivity contribution in [1.29, 1.82) is 0 Å². The van der Waals surface area contributed by atoms with Crippen LogP contribution >= 0.6 is 0 Å². The van der Waals surface area contributed by atoms with Crippen LogP contribution in [-0.2, 0) is 16.1 Å². The number of amides is 4. The minimum absolute atomic E-state index is 0.226. The van der Waals surface area contributed by atoms with Crippen molar-refractivity contribution in [3.05, 3.63) is 35.9 Å². The average Bonchev–Trinajstić information content (AvgIpc) is 2.86. The molecule has 0 atom stereocenters. The Labute approximate surface area is 148 Å². The van der Waals surface area contributed by atoms with Crippen molar-refractivity contribution < 1.29 is 14.4 Å². The third-order valence-electron chi connectivity index (χ3n) is 5.42. The summed E-state index contributed by atoms with van der Waals surface area (Å²) in [5, 5.41) is 5.61. The lowest BCUT2D eigenvalue weighted by atomic mass is 9.75. The standard InChI is InChI=1S/C19H25N3O3/c1-2-14-8-10-19(11-9-14)17(24)22(18(25)21-19)13-16(23)20-12-15-6-4-3-5-7-15/h3-7,14H,2,8-13H2,1H3,(H,20,23)(H,21,25). The molecular weight excluding hydrogens is 318 g/mol. The third-order valence-corrected chi connectivity index (χ3v) is 5.42. The van der Waals surface area contributed by atoms with Crippen LogP contribution < -0.4 is 10.6 Å². The molecule has 2 fully saturated rings. The normalized spacial score (nSPS) is 26.0. The molecule has 1 aromatic rings. The molecule has 1 aliphatic carbocycles. The van der Waals surface area contributed by atoms with Gasteiger partial charge in [0.2, 0.25) is 5.91 Å². The minimum Gasteiger partial charge on any atom is -0.350 e.